The number of aryl methyl sites for hydroxylation is 1. The lowest BCUT2D eigenvalue weighted by atomic mass is 9.66. The Balaban J connectivity index is 1.47. The minimum Gasteiger partial charge on any atom is -0.496 e. The van der Waals surface area contributed by atoms with Crippen LogP contribution in [0.5, 0.6) is 11.6 Å². The molecule has 0 unspecified atom stereocenters. The number of carbonyl (C=O) groups is 2. The summed E-state index contributed by atoms with van der Waals surface area (Å²) in [5, 5.41) is 7.04. The number of rotatable bonds is 6. The van der Waals surface area contributed by atoms with Gasteiger partial charge in [-0.1, -0.05) is 0 Å². The van der Waals surface area contributed by atoms with E-state index in [-0.39, 0.29) is 17.4 Å². The van der Waals surface area contributed by atoms with Crippen molar-refractivity contribution in [3.8, 4) is 11.6 Å². The van der Waals surface area contributed by atoms with E-state index in [0.29, 0.717) is 28.4 Å². The van der Waals surface area contributed by atoms with Crippen molar-refractivity contribution in [1.82, 2.24) is 15.3 Å². The number of nitrogens with zero attached hydrogens (tertiary/aromatic N) is 2. The van der Waals surface area contributed by atoms with Crippen molar-refractivity contribution >= 4 is 39.1 Å². The molecular formula is C25H28N4O4S. The van der Waals surface area contributed by atoms with Crippen LogP contribution in [0.1, 0.15) is 64.2 Å². The van der Waals surface area contributed by atoms with E-state index >= 15 is 0 Å². The summed E-state index contributed by atoms with van der Waals surface area (Å²) in [6.45, 7) is 1.90. The van der Waals surface area contributed by atoms with Gasteiger partial charge in [-0.25, -0.2) is 9.97 Å². The van der Waals surface area contributed by atoms with Crippen LogP contribution in [0.15, 0.2) is 24.4 Å². The Morgan fingerprint density at radius 1 is 1.09 bits per heavy atom. The average molecular weight is 481 g/mol. The van der Waals surface area contributed by atoms with E-state index in [1.54, 1.807) is 12.1 Å². The Labute approximate surface area is 202 Å². The molecule has 3 aliphatic carbocycles. The lowest BCUT2D eigenvalue weighted by molar-refractivity contribution is 0.0714. The number of aromatic nitrogens is 2. The Morgan fingerprint density at radius 3 is 2.50 bits per heavy atom. The number of pyridine rings is 1. The number of anilines is 1. The zero-order valence-corrected chi connectivity index (χ0v) is 20.4. The molecule has 2 N–H and O–H groups in total. The Kier molecular flexibility index (Phi) is 5.89. The lowest BCUT2D eigenvalue weighted by Gasteiger charge is -2.47. The van der Waals surface area contributed by atoms with Crippen molar-refractivity contribution in [2.75, 3.05) is 19.5 Å². The molecular weight excluding hydrogens is 452 g/mol. The van der Waals surface area contributed by atoms with E-state index in [2.05, 4.69) is 20.6 Å². The maximum absolute atomic E-state index is 13.5. The fraction of sp³-hybridized carbons (Fsp3) is 0.440. The van der Waals surface area contributed by atoms with Gasteiger partial charge in [0, 0.05) is 11.6 Å². The molecule has 178 valence electrons. The van der Waals surface area contributed by atoms with Crippen molar-refractivity contribution in [1.29, 1.82) is 0 Å². The van der Waals surface area contributed by atoms with Gasteiger partial charge in [0.15, 0.2) is 0 Å². The van der Waals surface area contributed by atoms with E-state index in [0.717, 1.165) is 59.7 Å². The summed E-state index contributed by atoms with van der Waals surface area (Å²) in [6.07, 6.45) is 7.92. The summed E-state index contributed by atoms with van der Waals surface area (Å²) in [5.74, 6) is 0.936. The molecule has 3 aromatic rings. The number of carbonyl (C=O) groups excluding carboxylic acids is 2. The van der Waals surface area contributed by atoms with Gasteiger partial charge in [0.25, 0.3) is 11.8 Å². The maximum atomic E-state index is 13.5. The third kappa shape index (κ3) is 4.09. The van der Waals surface area contributed by atoms with E-state index in [4.69, 9.17) is 9.47 Å². The SMILES string of the molecule is COc1cc(C(=O)NC23CCC(CC2)CC3)c(NC(=O)c2c(OC)ccc3nc(C)sc23)cn1. The quantitative estimate of drug-likeness (QED) is 0.529. The fourth-order valence-electron chi connectivity index (χ4n) is 5.24. The largest absolute Gasteiger partial charge is 0.496 e. The van der Waals surface area contributed by atoms with Gasteiger partial charge in [-0.3, -0.25) is 9.59 Å². The first-order chi connectivity index (χ1) is 16.4. The van der Waals surface area contributed by atoms with Gasteiger partial charge >= 0.3 is 0 Å². The standard InChI is InChI=1S/C25H28N4O4S/c1-14-27-17-4-5-19(32-2)21(22(17)34-14)24(31)28-18-13-26-20(33-3)12-16(18)23(30)29-25-9-6-15(7-10-25)8-11-25/h4-5,12-13,15H,6-11H2,1-3H3,(H,28,31)(H,29,30). The molecule has 2 amide bonds. The van der Waals surface area contributed by atoms with Crippen LogP contribution in [-0.2, 0) is 0 Å². The number of hydrogen-bond donors (Lipinski definition) is 2. The molecule has 0 spiro atoms. The van der Waals surface area contributed by atoms with Crippen LogP contribution in [0, 0.1) is 12.8 Å². The van der Waals surface area contributed by atoms with Crippen LogP contribution in [-0.4, -0.2) is 41.5 Å². The molecule has 2 aromatic heterocycles. The second-order valence-corrected chi connectivity index (χ2v) is 10.4. The molecule has 8 nitrogen and oxygen atoms in total. The summed E-state index contributed by atoms with van der Waals surface area (Å²) >= 11 is 1.43. The number of nitrogens with one attached hydrogen (secondary N) is 2. The van der Waals surface area contributed by atoms with Crippen molar-refractivity contribution in [2.24, 2.45) is 5.92 Å². The first-order valence-electron chi connectivity index (χ1n) is 11.5. The van der Waals surface area contributed by atoms with E-state index < -0.39 is 0 Å². The summed E-state index contributed by atoms with van der Waals surface area (Å²) in [4.78, 5) is 35.6. The Bertz CT molecular complexity index is 1250. The molecule has 6 rings (SSSR count). The highest BCUT2D eigenvalue weighted by Gasteiger charge is 2.41. The molecule has 0 radical (unpaired) electrons. The Hall–Kier alpha value is -3.20. The van der Waals surface area contributed by atoms with Crippen molar-refractivity contribution in [3.63, 3.8) is 0 Å². The van der Waals surface area contributed by atoms with Crippen LogP contribution in [0.4, 0.5) is 5.69 Å². The second kappa shape index (κ2) is 8.87. The maximum Gasteiger partial charge on any atom is 0.261 e. The van der Waals surface area contributed by atoms with Crippen molar-refractivity contribution in [2.45, 2.75) is 51.0 Å². The zero-order valence-electron chi connectivity index (χ0n) is 19.6. The number of amides is 2. The monoisotopic (exact) mass is 480 g/mol. The predicted octanol–water partition coefficient (Wildman–Crippen LogP) is 4.72. The summed E-state index contributed by atoms with van der Waals surface area (Å²) in [5.41, 5.74) is 1.60. The third-order valence-corrected chi connectivity index (χ3v) is 8.13. The fourth-order valence-corrected chi connectivity index (χ4v) is 6.19. The summed E-state index contributed by atoms with van der Waals surface area (Å²) < 4.78 is 11.5. The number of ether oxygens (including phenoxy) is 2. The highest BCUT2D eigenvalue weighted by Crippen LogP contribution is 2.44. The molecule has 2 bridgehead atoms. The summed E-state index contributed by atoms with van der Waals surface area (Å²) in [6, 6.07) is 5.14. The molecule has 0 saturated heterocycles. The molecule has 2 heterocycles. The first-order valence-corrected chi connectivity index (χ1v) is 12.3. The number of fused-ring (bicyclic) bond motifs is 4. The van der Waals surface area contributed by atoms with Gasteiger partial charge in [0.1, 0.15) is 11.3 Å². The van der Waals surface area contributed by atoms with Crippen LogP contribution >= 0.6 is 11.3 Å². The Morgan fingerprint density at radius 2 is 1.82 bits per heavy atom. The van der Waals surface area contributed by atoms with Gasteiger partial charge in [-0.05, 0) is 63.5 Å². The zero-order chi connectivity index (χ0) is 23.9. The van der Waals surface area contributed by atoms with E-state index in [1.165, 1.54) is 31.8 Å². The van der Waals surface area contributed by atoms with Crippen LogP contribution < -0.4 is 20.1 Å². The predicted molar refractivity (Wildman–Crippen MR) is 131 cm³/mol. The number of benzene rings is 1. The number of methoxy groups -OCH3 is 2. The topological polar surface area (TPSA) is 102 Å². The smallest absolute Gasteiger partial charge is 0.261 e. The van der Waals surface area contributed by atoms with Gasteiger partial charge in [-0.15, -0.1) is 11.3 Å². The molecule has 0 aliphatic heterocycles. The van der Waals surface area contributed by atoms with Crippen molar-refractivity contribution in [3.05, 3.63) is 40.5 Å². The van der Waals surface area contributed by atoms with E-state index in [1.807, 2.05) is 13.0 Å². The van der Waals surface area contributed by atoms with Crippen molar-refractivity contribution < 1.29 is 19.1 Å². The minimum atomic E-state index is -0.386. The lowest BCUT2D eigenvalue weighted by Crippen LogP contribution is -2.53. The highest BCUT2D eigenvalue weighted by atomic mass is 32.1. The van der Waals surface area contributed by atoms with Crippen LogP contribution in [0.3, 0.4) is 0 Å². The molecule has 3 fully saturated rings. The third-order valence-electron chi connectivity index (χ3n) is 7.13. The molecule has 3 saturated carbocycles. The van der Waals surface area contributed by atoms with Gasteiger partial charge in [0.2, 0.25) is 5.88 Å². The molecule has 1 aromatic carbocycles. The number of hydrogen-bond acceptors (Lipinski definition) is 7. The average Bonchev–Trinajstić information content (AvgIpc) is 3.24. The minimum absolute atomic E-state index is 0.168. The molecule has 3 aliphatic rings. The second-order valence-electron chi connectivity index (χ2n) is 9.17. The normalized spacial score (nSPS) is 21.3. The number of thiazole rings is 1. The molecule has 9 heteroatoms. The van der Waals surface area contributed by atoms with Crippen LogP contribution in [0.25, 0.3) is 10.2 Å². The van der Waals surface area contributed by atoms with E-state index in [9.17, 15) is 9.59 Å². The summed E-state index contributed by atoms with van der Waals surface area (Å²) in [7, 11) is 3.03. The molecule has 34 heavy (non-hydrogen) atoms. The van der Waals surface area contributed by atoms with Gasteiger partial charge in [0.05, 0.1) is 46.9 Å². The first kappa shape index (κ1) is 22.6. The molecule has 0 atom stereocenters. The van der Waals surface area contributed by atoms with Crippen LogP contribution in [0.2, 0.25) is 0 Å². The van der Waals surface area contributed by atoms with Gasteiger partial charge < -0.3 is 20.1 Å². The highest BCUT2D eigenvalue weighted by molar-refractivity contribution is 7.19. The van der Waals surface area contributed by atoms with Gasteiger partial charge in [-0.2, -0.15) is 0 Å².